The summed E-state index contributed by atoms with van der Waals surface area (Å²) in [6.07, 6.45) is 1.05. The Balaban J connectivity index is 2.14. The van der Waals surface area contributed by atoms with Crippen LogP contribution < -0.4 is 10.6 Å². The predicted molar refractivity (Wildman–Crippen MR) is 76.1 cm³/mol. The van der Waals surface area contributed by atoms with E-state index in [1.54, 1.807) is 25.2 Å². The molecule has 0 radical (unpaired) electrons. The average Bonchev–Trinajstić information content (AvgIpc) is 2.45. The molecule has 0 atom stereocenters. The summed E-state index contributed by atoms with van der Waals surface area (Å²) in [7, 11) is 1.64. The predicted octanol–water partition coefficient (Wildman–Crippen LogP) is 1.59. The topological polar surface area (TPSA) is 96.7 Å². The van der Waals surface area contributed by atoms with Crippen molar-refractivity contribution in [3.8, 4) is 0 Å². The molecule has 7 heteroatoms. The van der Waals surface area contributed by atoms with E-state index in [1.165, 1.54) is 0 Å². The van der Waals surface area contributed by atoms with Crippen LogP contribution in [0.1, 0.15) is 12.8 Å². The van der Waals surface area contributed by atoms with Crippen LogP contribution in [0, 0.1) is 10.1 Å². The highest BCUT2D eigenvalue weighted by Crippen LogP contribution is 2.33. The molecule has 1 fully saturated rings. The van der Waals surface area contributed by atoms with Gasteiger partial charge in [0.25, 0.3) is 0 Å². The van der Waals surface area contributed by atoms with Gasteiger partial charge in [0.05, 0.1) is 10.5 Å². The molecule has 2 rings (SSSR count). The highest BCUT2D eigenvalue weighted by molar-refractivity contribution is 5.76. The van der Waals surface area contributed by atoms with E-state index in [4.69, 9.17) is 4.74 Å². The highest BCUT2D eigenvalue weighted by atomic mass is 16.6. The number of rotatable bonds is 5. The molecule has 1 aliphatic heterocycles. The minimum atomic E-state index is -0.873. The summed E-state index contributed by atoms with van der Waals surface area (Å²) in [5.74, 6) is 0. The maximum atomic E-state index is 11.2. The first kappa shape index (κ1) is 14.5. The smallest absolute Gasteiger partial charge is 0.315 e. The lowest BCUT2D eigenvalue weighted by molar-refractivity contribution is -0.383. The Bertz CT molecular complexity index is 487. The third-order valence-electron chi connectivity index (χ3n) is 3.52. The van der Waals surface area contributed by atoms with E-state index >= 15 is 0 Å². The normalized spacial score (nSPS) is 17.5. The number of ether oxygens (including phenoxy) is 1. The Labute approximate surface area is 117 Å². The first-order valence-electron chi connectivity index (χ1n) is 6.55. The van der Waals surface area contributed by atoms with E-state index in [9.17, 15) is 15.2 Å². The zero-order valence-electron chi connectivity index (χ0n) is 11.4. The number of nitro benzene ring substituents is 1. The summed E-state index contributed by atoms with van der Waals surface area (Å²) in [5, 5.41) is 27.3. The molecule has 7 nitrogen and oxygen atoms in total. The van der Waals surface area contributed by atoms with Crippen LogP contribution in [0.15, 0.2) is 18.2 Å². The van der Waals surface area contributed by atoms with Crippen LogP contribution in [-0.4, -0.2) is 42.4 Å². The Morgan fingerprint density at radius 3 is 2.65 bits per heavy atom. The van der Waals surface area contributed by atoms with E-state index < -0.39 is 10.5 Å². The number of para-hydroxylation sites is 1. The van der Waals surface area contributed by atoms with Crippen molar-refractivity contribution in [3.63, 3.8) is 0 Å². The zero-order valence-corrected chi connectivity index (χ0v) is 11.4. The van der Waals surface area contributed by atoms with Crippen molar-refractivity contribution in [2.24, 2.45) is 0 Å². The van der Waals surface area contributed by atoms with Gasteiger partial charge in [0.2, 0.25) is 0 Å². The van der Waals surface area contributed by atoms with Crippen LogP contribution in [-0.2, 0) is 4.74 Å². The molecule has 0 spiro atoms. The SMILES string of the molecule is CNc1cccc(NCC2(O)CCOCC2)c1[N+](=O)[O-]. The lowest BCUT2D eigenvalue weighted by Crippen LogP contribution is -2.42. The summed E-state index contributed by atoms with van der Waals surface area (Å²) in [6, 6.07) is 5.02. The van der Waals surface area contributed by atoms with E-state index in [0.29, 0.717) is 37.4 Å². The molecule has 20 heavy (non-hydrogen) atoms. The van der Waals surface area contributed by atoms with Crippen LogP contribution in [0.25, 0.3) is 0 Å². The lowest BCUT2D eigenvalue weighted by Gasteiger charge is -2.32. The summed E-state index contributed by atoms with van der Waals surface area (Å²) in [5.41, 5.74) is -0.0340. The molecule has 1 aromatic carbocycles. The Morgan fingerprint density at radius 1 is 1.40 bits per heavy atom. The van der Waals surface area contributed by atoms with Gasteiger partial charge in [-0.25, -0.2) is 0 Å². The molecule has 1 aliphatic rings. The molecule has 0 aromatic heterocycles. The highest BCUT2D eigenvalue weighted by Gasteiger charge is 2.30. The third-order valence-corrected chi connectivity index (χ3v) is 3.52. The van der Waals surface area contributed by atoms with Crippen molar-refractivity contribution in [1.29, 1.82) is 0 Å². The van der Waals surface area contributed by atoms with Gasteiger partial charge in [-0.3, -0.25) is 10.1 Å². The second kappa shape index (κ2) is 6.06. The second-order valence-electron chi connectivity index (χ2n) is 4.90. The van der Waals surface area contributed by atoms with Crippen molar-refractivity contribution in [3.05, 3.63) is 28.3 Å². The Hall–Kier alpha value is -1.86. The molecule has 3 N–H and O–H groups in total. The molecular weight excluding hydrogens is 262 g/mol. The van der Waals surface area contributed by atoms with Gasteiger partial charge in [0.1, 0.15) is 11.4 Å². The van der Waals surface area contributed by atoms with E-state index in [0.717, 1.165) is 0 Å². The number of anilines is 2. The number of nitrogens with zero attached hydrogens (tertiary/aromatic N) is 1. The number of benzene rings is 1. The largest absolute Gasteiger partial charge is 0.388 e. The fourth-order valence-corrected chi connectivity index (χ4v) is 2.27. The fraction of sp³-hybridized carbons (Fsp3) is 0.538. The van der Waals surface area contributed by atoms with Crippen LogP contribution in [0.3, 0.4) is 0 Å². The molecule has 0 amide bonds. The molecular formula is C13H19N3O4. The molecule has 0 aliphatic carbocycles. The van der Waals surface area contributed by atoms with Crippen LogP contribution in [0.4, 0.5) is 17.1 Å². The number of hydrogen-bond acceptors (Lipinski definition) is 6. The van der Waals surface area contributed by atoms with E-state index in [1.807, 2.05) is 0 Å². The molecule has 110 valence electrons. The summed E-state index contributed by atoms with van der Waals surface area (Å²) in [4.78, 5) is 10.7. The molecule has 0 saturated carbocycles. The van der Waals surface area contributed by atoms with Gasteiger partial charge in [0, 0.05) is 39.6 Å². The maximum Gasteiger partial charge on any atom is 0.315 e. The number of aliphatic hydroxyl groups is 1. The second-order valence-corrected chi connectivity index (χ2v) is 4.90. The summed E-state index contributed by atoms with van der Waals surface area (Å²) >= 11 is 0. The monoisotopic (exact) mass is 281 g/mol. The quantitative estimate of drug-likeness (QED) is 0.560. The van der Waals surface area contributed by atoms with Gasteiger partial charge < -0.3 is 20.5 Å². The standard InChI is InChI=1S/C13H19N3O4/c1-14-10-3-2-4-11(12(10)16(18)19)15-9-13(17)5-7-20-8-6-13/h2-4,14-15,17H,5-9H2,1H3. The van der Waals surface area contributed by atoms with Crippen LogP contribution in [0.5, 0.6) is 0 Å². The Morgan fingerprint density at radius 2 is 2.05 bits per heavy atom. The average molecular weight is 281 g/mol. The van der Waals surface area contributed by atoms with Crippen molar-refractivity contribution in [2.45, 2.75) is 18.4 Å². The van der Waals surface area contributed by atoms with Gasteiger partial charge in [0.15, 0.2) is 0 Å². The van der Waals surface area contributed by atoms with Gasteiger partial charge in [-0.2, -0.15) is 0 Å². The van der Waals surface area contributed by atoms with Crippen molar-refractivity contribution in [1.82, 2.24) is 0 Å². The molecule has 1 heterocycles. The van der Waals surface area contributed by atoms with Crippen molar-refractivity contribution in [2.75, 3.05) is 37.4 Å². The summed E-state index contributed by atoms with van der Waals surface area (Å²) < 4.78 is 5.21. The van der Waals surface area contributed by atoms with Crippen LogP contribution >= 0.6 is 0 Å². The number of nitro groups is 1. The molecule has 0 bridgehead atoms. The fourth-order valence-electron chi connectivity index (χ4n) is 2.27. The Kier molecular flexibility index (Phi) is 4.41. The number of hydrogen-bond donors (Lipinski definition) is 3. The first-order chi connectivity index (χ1) is 9.56. The van der Waals surface area contributed by atoms with Gasteiger partial charge in [-0.15, -0.1) is 0 Å². The first-order valence-corrected chi connectivity index (χ1v) is 6.55. The van der Waals surface area contributed by atoms with Gasteiger partial charge in [-0.1, -0.05) is 6.07 Å². The number of nitrogens with one attached hydrogen (secondary N) is 2. The van der Waals surface area contributed by atoms with Crippen LogP contribution in [0.2, 0.25) is 0 Å². The summed E-state index contributed by atoms with van der Waals surface area (Å²) in [6.45, 7) is 1.29. The molecule has 0 unspecified atom stereocenters. The van der Waals surface area contributed by atoms with Gasteiger partial charge in [-0.05, 0) is 12.1 Å². The zero-order chi connectivity index (χ0) is 14.6. The molecule has 1 saturated heterocycles. The van der Waals surface area contributed by atoms with Crippen molar-refractivity contribution >= 4 is 17.1 Å². The van der Waals surface area contributed by atoms with E-state index in [-0.39, 0.29) is 12.2 Å². The molecule has 1 aromatic rings. The van der Waals surface area contributed by atoms with Crippen molar-refractivity contribution < 1.29 is 14.8 Å². The minimum absolute atomic E-state index is 0.00865. The maximum absolute atomic E-state index is 11.2. The third kappa shape index (κ3) is 3.17. The minimum Gasteiger partial charge on any atom is -0.388 e. The lowest BCUT2D eigenvalue weighted by atomic mass is 9.94. The van der Waals surface area contributed by atoms with Gasteiger partial charge >= 0.3 is 5.69 Å². The van der Waals surface area contributed by atoms with E-state index in [2.05, 4.69) is 10.6 Å².